The minimum atomic E-state index is -1.08. The van der Waals surface area contributed by atoms with Crippen molar-refractivity contribution in [3.63, 3.8) is 0 Å². The standard InChI is InChI=1S/C15H30N2O2/c1-10(2)11(3)17-15(19)14(18)13(16)9-12-7-5-4-6-8-12/h10-14,18H,4-9,16H2,1-3H3,(H,17,19)/t11-,13+,14-/m0/s1. The molecule has 0 bridgehead atoms. The van der Waals surface area contributed by atoms with Gasteiger partial charge in [-0.2, -0.15) is 0 Å². The molecule has 4 N–H and O–H groups in total. The topological polar surface area (TPSA) is 75.3 Å². The summed E-state index contributed by atoms with van der Waals surface area (Å²) in [4.78, 5) is 11.9. The Labute approximate surface area is 117 Å². The van der Waals surface area contributed by atoms with Gasteiger partial charge in [0.25, 0.3) is 5.91 Å². The largest absolute Gasteiger partial charge is 0.382 e. The van der Waals surface area contributed by atoms with Crippen molar-refractivity contribution in [2.24, 2.45) is 17.6 Å². The fourth-order valence-electron chi connectivity index (χ4n) is 2.61. The molecule has 0 saturated heterocycles. The molecular weight excluding hydrogens is 240 g/mol. The Bertz CT molecular complexity index is 275. The molecule has 0 aromatic carbocycles. The van der Waals surface area contributed by atoms with Gasteiger partial charge in [0.1, 0.15) is 6.10 Å². The van der Waals surface area contributed by atoms with E-state index in [9.17, 15) is 9.90 Å². The molecule has 0 aliphatic heterocycles. The van der Waals surface area contributed by atoms with Crippen LogP contribution in [-0.4, -0.2) is 29.2 Å². The zero-order chi connectivity index (χ0) is 14.4. The summed E-state index contributed by atoms with van der Waals surface area (Å²) in [6.07, 6.45) is 5.86. The molecule has 1 saturated carbocycles. The van der Waals surface area contributed by atoms with E-state index in [2.05, 4.69) is 5.32 Å². The Morgan fingerprint density at radius 2 is 1.84 bits per heavy atom. The van der Waals surface area contributed by atoms with E-state index in [0.29, 0.717) is 11.8 Å². The van der Waals surface area contributed by atoms with Crippen LogP contribution in [0.2, 0.25) is 0 Å². The van der Waals surface area contributed by atoms with Crippen molar-refractivity contribution in [1.82, 2.24) is 5.32 Å². The second kappa shape index (κ2) is 7.85. The average molecular weight is 270 g/mol. The van der Waals surface area contributed by atoms with Gasteiger partial charge in [0.2, 0.25) is 0 Å². The Hall–Kier alpha value is -0.610. The number of amides is 1. The van der Waals surface area contributed by atoms with Crippen LogP contribution in [0.25, 0.3) is 0 Å². The van der Waals surface area contributed by atoms with Crippen LogP contribution in [0.4, 0.5) is 0 Å². The van der Waals surface area contributed by atoms with Crippen LogP contribution >= 0.6 is 0 Å². The van der Waals surface area contributed by atoms with E-state index in [1.165, 1.54) is 32.1 Å². The van der Waals surface area contributed by atoms with E-state index < -0.39 is 12.1 Å². The lowest BCUT2D eigenvalue weighted by Gasteiger charge is -2.27. The predicted molar refractivity (Wildman–Crippen MR) is 77.6 cm³/mol. The van der Waals surface area contributed by atoms with Gasteiger partial charge in [0.05, 0.1) is 0 Å². The lowest BCUT2D eigenvalue weighted by Crippen LogP contribution is -2.50. The summed E-state index contributed by atoms with van der Waals surface area (Å²) in [6, 6.07) is -0.383. The van der Waals surface area contributed by atoms with Crippen molar-refractivity contribution in [2.75, 3.05) is 0 Å². The first-order chi connectivity index (χ1) is 8.91. The minimum Gasteiger partial charge on any atom is -0.382 e. The fraction of sp³-hybridized carbons (Fsp3) is 0.933. The average Bonchev–Trinajstić information content (AvgIpc) is 2.38. The third-order valence-electron chi connectivity index (χ3n) is 4.37. The van der Waals surface area contributed by atoms with E-state index in [0.717, 1.165) is 6.42 Å². The fourth-order valence-corrected chi connectivity index (χ4v) is 2.61. The third-order valence-corrected chi connectivity index (χ3v) is 4.37. The summed E-state index contributed by atoms with van der Waals surface area (Å²) in [5.74, 6) is 0.601. The van der Waals surface area contributed by atoms with Gasteiger partial charge in [0.15, 0.2) is 0 Å². The van der Waals surface area contributed by atoms with Crippen LogP contribution in [0.3, 0.4) is 0 Å². The van der Waals surface area contributed by atoms with Gasteiger partial charge in [-0.1, -0.05) is 46.0 Å². The molecule has 0 heterocycles. The van der Waals surface area contributed by atoms with Gasteiger partial charge in [-0.15, -0.1) is 0 Å². The monoisotopic (exact) mass is 270 g/mol. The summed E-state index contributed by atoms with van der Waals surface area (Å²) in [5, 5.41) is 12.8. The first kappa shape index (κ1) is 16.4. The smallest absolute Gasteiger partial charge is 0.250 e. The van der Waals surface area contributed by atoms with Gasteiger partial charge in [-0.3, -0.25) is 4.79 Å². The van der Waals surface area contributed by atoms with E-state index in [-0.39, 0.29) is 11.9 Å². The molecule has 19 heavy (non-hydrogen) atoms. The normalized spacial score (nSPS) is 22.0. The van der Waals surface area contributed by atoms with Gasteiger partial charge >= 0.3 is 0 Å². The number of hydrogen-bond donors (Lipinski definition) is 3. The lowest BCUT2D eigenvalue weighted by atomic mass is 9.84. The predicted octanol–water partition coefficient (Wildman–Crippen LogP) is 1.81. The summed E-state index contributed by atoms with van der Waals surface area (Å²) in [5.41, 5.74) is 5.99. The molecule has 112 valence electrons. The van der Waals surface area contributed by atoms with Crippen molar-refractivity contribution < 1.29 is 9.90 Å². The number of aliphatic hydroxyl groups is 1. The van der Waals surface area contributed by atoms with Crippen LogP contribution in [0.5, 0.6) is 0 Å². The van der Waals surface area contributed by atoms with Crippen molar-refractivity contribution in [3.8, 4) is 0 Å². The first-order valence-corrected chi connectivity index (χ1v) is 7.65. The van der Waals surface area contributed by atoms with Crippen LogP contribution in [0.15, 0.2) is 0 Å². The second-order valence-electron chi connectivity index (χ2n) is 6.39. The Morgan fingerprint density at radius 3 is 2.37 bits per heavy atom. The highest BCUT2D eigenvalue weighted by Gasteiger charge is 2.27. The maximum atomic E-state index is 11.9. The van der Waals surface area contributed by atoms with Gasteiger partial charge in [0, 0.05) is 12.1 Å². The number of carbonyl (C=O) groups excluding carboxylic acids is 1. The molecule has 1 aliphatic rings. The molecule has 1 amide bonds. The second-order valence-corrected chi connectivity index (χ2v) is 6.39. The van der Waals surface area contributed by atoms with E-state index in [4.69, 9.17) is 5.73 Å². The molecule has 1 fully saturated rings. The van der Waals surface area contributed by atoms with Crippen molar-refractivity contribution >= 4 is 5.91 Å². The molecule has 0 unspecified atom stereocenters. The van der Waals surface area contributed by atoms with Crippen molar-refractivity contribution in [3.05, 3.63) is 0 Å². The van der Waals surface area contributed by atoms with Gasteiger partial charge < -0.3 is 16.2 Å². The molecule has 0 spiro atoms. The van der Waals surface area contributed by atoms with Gasteiger partial charge in [-0.05, 0) is 25.2 Å². The molecule has 0 radical (unpaired) electrons. The maximum Gasteiger partial charge on any atom is 0.250 e. The van der Waals surface area contributed by atoms with Crippen LogP contribution in [-0.2, 0) is 4.79 Å². The molecule has 4 nitrogen and oxygen atoms in total. The van der Waals surface area contributed by atoms with Crippen molar-refractivity contribution in [1.29, 1.82) is 0 Å². The third kappa shape index (κ3) is 5.49. The molecular formula is C15H30N2O2. The van der Waals surface area contributed by atoms with Crippen LogP contribution < -0.4 is 11.1 Å². The summed E-state index contributed by atoms with van der Waals surface area (Å²) in [6.45, 7) is 6.03. The highest BCUT2D eigenvalue weighted by atomic mass is 16.3. The number of hydrogen-bond acceptors (Lipinski definition) is 3. The zero-order valence-corrected chi connectivity index (χ0v) is 12.6. The Kier molecular flexibility index (Phi) is 6.80. The zero-order valence-electron chi connectivity index (χ0n) is 12.6. The van der Waals surface area contributed by atoms with Crippen LogP contribution in [0, 0.1) is 11.8 Å². The minimum absolute atomic E-state index is 0.0593. The molecule has 0 aromatic heterocycles. The van der Waals surface area contributed by atoms with E-state index >= 15 is 0 Å². The van der Waals surface area contributed by atoms with Crippen LogP contribution in [0.1, 0.15) is 59.3 Å². The molecule has 1 aliphatic carbocycles. The summed E-state index contributed by atoms with van der Waals surface area (Å²) in [7, 11) is 0. The summed E-state index contributed by atoms with van der Waals surface area (Å²) < 4.78 is 0. The van der Waals surface area contributed by atoms with Crippen molar-refractivity contribution in [2.45, 2.75) is 77.5 Å². The quantitative estimate of drug-likeness (QED) is 0.689. The summed E-state index contributed by atoms with van der Waals surface area (Å²) >= 11 is 0. The SMILES string of the molecule is CC(C)[C@H](C)NC(=O)[C@@H](O)[C@H](N)CC1CCCCC1. The number of carbonyl (C=O) groups is 1. The van der Waals surface area contributed by atoms with E-state index in [1.807, 2.05) is 20.8 Å². The highest BCUT2D eigenvalue weighted by molar-refractivity contribution is 5.81. The Balaban J connectivity index is 2.37. The molecule has 3 atom stereocenters. The molecule has 0 aromatic rings. The maximum absolute atomic E-state index is 11.9. The first-order valence-electron chi connectivity index (χ1n) is 7.65. The molecule has 1 rings (SSSR count). The Morgan fingerprint density at radius 1 is 1.26 bits per heavy atom. The number of nitrogens with two attached hydrogens (primary N) is 1. The number of nitrogens with one attached hydrogen (secondary N) is 1. The molecule has 4 heteroatoms. The van der Waals surface area contributed by atoms with E-state index in [1.54, 1.807) is 0 Å². The number of rotatable bonds is 6. The number of aliphatic hydroxyl groups excluding tert-OH is 1. The lowest BCUT2D eigenvalue weighted by molar-refractivity contribution is -0.131. The highest BCUT2D eigenvalue weighted by Crippen LogP contribution is 2.27. The van der Waals surface area contributed by atoms with Gasteiger partial charge in [-0.25, -0.2) is 0 Å².